The number of nitrogens with zero attached hydrogens (tertiary/aromatic N) is 1. The summed E-state index contributed by atoms with van der Waals surface area (Å²) >= 11 is 0. The zero-order valence-electron chi connectivity index (χ0n) is 12.9. The smallest absolute Gasteiger partial charge is 0.237 e. The van der Waals surface area contributed by atoms with Gasteiger partial charge in [-0.3, -0.25) is 9.69 Å². The minimum absolute atomic E-state index is 0.0260. The van der Waals surface area contributed by atoms with Gasteiger partial charge in [0.1, 0.15) is 0 Å². The monoisotopic (exact) mass is 295 g/mol. The van der Waals surface area contributed by atoms with Crippen LogP contribution in [0.15, 0.2) is 0 Å². The van der Waals surface area contributed by atoms with Crippen LogP contribution >= 0.6 is 0 Å². The van der Waals surface area contributed by atoms with Gasteiger partial charge in [0.15, 0.2) is 0 Å². The zero-order chi connectivity index (χ0) is 14.7. The molecule has 1 atom stereocenters. The number of nitrogens with one attached hydrogen (secondary N) is 2. The molecule has 3 rings (SSSR count). The van der Waals surface area contributed by atoms with Crippen molar-refractivity contribution in [3.63, 3.8) is 0 Å². The lowest BCUT2D eigenvalue weighted by molar-refractivity contribution is -0.127. The Balaban J connectivity index is 1.53. The van der Waals surface area contributed by atoms with Gasteiger partial charge in [-0.05, 0) is 58.2 Å². The van der Waals surface area contributed by atoms with Gasteiger partial charge in [0.25, 0.3) is 0 Å². The summed E-state index contributed by atoms with van der Waals surface area (Å²) < 4.78 is 0. The minimum atomic E-state index is -0.645. The molecule has 0 radical (unpaired) electrons. The Labute approximate surface area is 127 Å². The molecule has 2 saturated heterocycles. The molecule has 21 heavy (non-hydrogen) atoms. The first kappa shape index (κ1) is 15.3. The maximum atomic E-state index is 12.5. The fraction of sp³-hybridized carbons (Fsp3) is 0.938. The van der Waals surface area contributed by atoms with E-state index in [0.717, 1.165) is 71.0 Å². The molecule has 5 heteroatoms. The maximum Gasteiger partial charge on any atom is 0.237 e. The summed E-state index contributed by atoms with van der Waals surface area (Å²) in [5.41, 5.74) is -0.645. The lowest BCUT2D eigenvalue weighted by Gasteiger charge is -2.35. The Morgan fingerprint density at radius 1 is 1.19 bits per heavy atom. The summed E-state index contributed by atoms with van der Waals surface area (Å²) in [6, 6.07) is 0.581. The van der Waals surface area contributed by atoms with Gasteiger partial charge in [0, 0.05) is 12.6 Å². The molecule has 0 spiro atoms. The average molecular weight is 295 g/mol. The molecule has 1 amide bonds. The molecule has 0 aromatic rings. The molecule has 5 nitrogen and oxygen atoms in total. The van der Waals surface area contributed by atoms with E-state index in [0.29, 0.717) is 12.6 Å². The third-order valence-corrected chi connectivity index (χ3v) is 5.50. The molecule has 2 heterocycles. The van der Waals surface area contributed by atoms with Gasteiger partial charge in [-0.25, -0.2) is 0 Å². The van der Waals surface area contributed by atoms with E-state index in [-0.39, 0.29) is 11.9 Å². The second-order valence-electron chi connectivity index (χ2n) is 7.03. The Bertz CT molecular complexity index is 363. The fourth-order valence-electron chi connectivity index (χ4n) is 4.23. The molecule has 3 aliphatic rings. The highest BCUT2D eigenvalue weighted by Crippen LogP contribution is 2.29. The molecule has 3 N–H and O–H groups in total. The largest absolute Gasteiger partial charge is 0.388 e. The summed E-state index contributed by atoms with van der Waals surface area (Å²) in [5.74, 6) is 0.131. The zero-order valence-corrected chi connectivity index (χ0v) is 12.9. The van der Waals surface area contributed by atoms with Crippen molar-refractivity contribution in [1.82, 2.24) is 15.5 Å². The van der Waals surface area contributed by atoms with E-state index >= 15 is 0 Å². The number of piperidine rings is 1. The molecule has 0 bridgehead atoms. The summed E-state index contributed by atoms with van der Waals surface area (Å²) in [7, 11) is 0. The lowest BCUT2D eigenvalue weighted by atomic mass is 10.0. The van der Waals surface area contributed by atoms with Gasteiger partial charge in [0.2, 0.25) is 5.91 Å². The number of carbonyl (C=O) groups excluding carboxylic acids is 1. The first-order valence-electron chi connectivity index (χ1n) is 8.65. The van der Waals surface area contributed by atoms with E-state index < -0.39 is 5.60 Å². The number of rotatable bonds is 4. The summed E-state index contributed by atoms with van der Waals surface area (Å²) in [4.78, 5) is 14.9. The van der Waals surface area contributed by atoms with Crippen LogP contribution in [0.2, 0.25) is 0 Å². The molecule has 120 valence electrons. The molecular weight excluding hydrogens is 266 g/mol. The van der Waals surface area contributed by atoms with Crippen molar-refractivity contribution in [3.05, 3.63) is 0 Å². The number of hydrogen-bond acceptors (Lipinski definition) is 4. The van der Waals surface area contributed by atoms with Crippen molar-refractivity contribution in [2.45, 2.75) is 69.1 Å². The van der Waals surface area contributed by atoms with Gasteiger partial charge in [-0.2, -0.15) is 0 Å². The molecule has 0 aromatic heterocycles. The fourth-order valence-corrected chi connectivity index (χ4v) is 4.23. The van der Waals surface area contributed by atoms with Crippen molar-refractivity contribution in [1.29, 1.82) is 0 Å². The van der Waals surface area contributed by atoms with Crippen LogP contribution in [0.1, 0.15) is 51.4 Å². The van der Waals surface area contributed by atoms with Gasteiger partial charge in [-0.15, -0.1) is 0 Å². The minimum Gasteiger partial charge on any atom is -0.388 e. The topological polar surface area (TPSA) is 64.6 Å². The van der Waals surface area contributed by atoms with Gasteiger partial charge in [0.05, 0.1) is 11.6 Å². The van der Waals surface area contributed by atoms with Crippen LogP contribution in [0.4, 0.5) is 0 Å². The maximum absolute atomic E-state index is 12.5. The van der Waals surface area contributed by atoms with Crippen LogP contribution in [-0.4, -0.2) is 59.8 Å². The summed E-state index contributed by atoms with van der Waals surface area (Å²) in [6.45, 7) is 3.61. The van der Waals surface area contributed by atoms with Crippen molar-refractivity contribution in [2.75, 3.05) is 26.2 Å². The standard InChI is InChI=1S/C16H29N3O2/c20-15(18-12-16(21)7-1-2-8-16)14-4-3-11-19(14)13-5-9-17-10-6-13/h13-14,17,21H,1-12H2,(H,18,20). The third kappa shape index (κ3) is 3.58. The Morgan fingerprint density at radius 3 is 2.62 bits per heavy atom. The first-order valence-corrected chi connectivity index (χ1v) is 8.65. The summed E-state index contributed by atoms with van der Waals surface area (Å²) in [6.07, 6.45) is 8.20. The normalized spacial score (nSPS) is 30.6. The highest BCUT2D eigenvalue weighted by Gasteiger charge is 2.37. The van der Waals surface area contributed by atoms with Gasteiger partial charge < -0.3 is 15.7 Å². The molecule has 3 fully saturated rings. The highest BCUT2D eigenvalue weighted by atomic mass is 16.3. The molecule has 1 unspecified atom stereocenters. The second-order valence-corrected chi connectivity index (χ2v) is 7.03. The number of aliphatic hydroxyl groups is 1. The van der Waals surface area contributed by atoms with Crippen LogP contribution in [-0.2, 0) is 4.79 Å². The first-order chi connectivity index (χ1) is 10.2. The highest BCUT2D eigenvalue weighted by molar-refractivity contribution is 5.82. The second kappa shape index (κ2) is 6.63. The SMILES string of the molecule is O=C(NCC1(O)CCCC1)C1CCCN1C1CCNCC1. The summed E-state index contributed by atoms with van der Waals surface area (Å²) in [5, 5.41) is 16.8. The molecule has 1 saturated carbocycles. The van der Waals surface area contributed by atoms with E-state index in [4.69, 9.17) is 0 Å². The number of carbonyl (C=O) groups is 1. The number of amides is 1. The number of hydrogen-bond donors (Lipinski definition) is 3. The van der Waals surface area contributed by atoms with E-state index in [1.165, 1.54) is 0 Å². The number of likely N-dealkylation sites (tertiary alicyclic amines) is 1. The van der Waals surface area contributed by atoms with Crippen molar-refractivity contribution < 1.29 is 9.90 Å². The predicted octanol–water partition coefficient (Wildman–Crippen LogP) is 0.624. The predicted molar refractivity (Wildman–Crippen MR) is 82.0 cm³/mol. The van der Waals surface area contributed by atoms with Gasteiger partial charge >= 0.3 is 0 Å². The van der Waals surface area contributed by atoms with Crippen LogP contribution in [0.5, 0.6) is 0 Å². The quantitative estimate of drug-likeness (QED) is 0.711. The Morgan fingerprint density at radius 2 is 1.90 bits per heavy atom. The molecule has 1 aliphatic carbocycles. The third-order valence-electron chi connectivity index (χ3n) is 5.50. The van der Waals surface area contributed by atoms with Crippen LogP contribution < -0.4 is 10.6 Å². The average Bonchev–Trinajstić information content (AvgIpc) is 3.15. The van der Waals surface area contributed by atoms with E-state index in [2.05, 4.69) is 15.5 Å². The van der Waals surface area contributed by atoms with Crippen LogP contribution in [0.25, 0.3) is 0 Å². The van der Waals surface area contributed by atoms with Crippen LogP contribution in [0.3, 0.4) is 0 Å². The molecular formula is C16H29N3O2. The molecule has 0 aromatic carbocycles. The van der Waals surface area contributed by atoms with E-state index in [1.54, 1.807) is 0 Å². The van der Waals surface area contributed by atoms with Crippen molar-refractivity contribution in [3.8, 4) is 0 Å². The van der Waals surface area contributed by atoms with Crippen LogP contribution in [0, 0.1) is 0 Å². The molecule has 2 aliphatic heterocycles. The Kier molecular flexibility index (Phi) is 4.82. The van der Waals surface area contributed by atoms with Crippen molar-refractivity contribution in [2.24, 2.45) is 0 Å². The van der Waals surface area contributed by atoms with E-state index in [9.17, 15) is 9.90 Å². The van der Waals surface area contributed by atoms with E-state index in [1.807, 2.05) is 0 Å². The van der Waals surface area contributed by atoms with Crippen molar-refractivity contribution >= 4 is 5.91 Å². The lowest BCUT2D eigenvalue weighted by Crippen LogP contribution is -2.52. The Hall–Kier alpha value is -0.650. The van der Waals surface area contributed by atoms with Gasteiger partial charge in [-0.1, -0.05) is 12.8 Å².